The van der Waals surface area contributed by atoms with Gasteiger partial charge in [-0.1, -0.05) is 0 Å². The fraction of sp³-hybridized carbons (Fsp3) is 1.00. The van der Waals surface area contributed by atoms with Crippen LogP contribution >= 0.6 is 0 Å². The van der Waals surface area contributed by atoms with Crippen molar-refractivity contribution < 1.29 is 131 Å². The number of ether oxygens (including phenoxy) is 3. The molecule has 3 heterocycles. The van der Waals surface area contributed by atoms with E-state index in [-0.39, 0.29) is 39.9 Å². The Morgan fingerprint density at radius 1 is 0.324 bits per heavy atom. The van der Waals surface area contributed by atoms with Crippen molar-refractivity contribution in [3.05, 3.63) is 0 Å². The van der Waals surface area contributed by atoms with Gasteiger partial charge in [0.15, 0.2) is 18.9 Å². The normalized spacial score (nSPS) is 47.9. The van der Waals surface area contributed by atoms with Crippen LogP contribution in [0.1, 0.15) is 0 Å². The van der Waals surface area contributed by atoms with Crippen LogP contribution in [0, 0.1) is 39.9 Å². The van der Waals surface area contributed by atoms with Gasteiger partial charge in [0.05, 0.1) is 19.8 Å². The molecule has 3 aliphatic heterocycles. The summed E-state index contributed by atoms with van der Waals surface area (Å²) >= 11 is 0. The zero-order valence-electron chi connectivity index (χ0n) is 19.1. The molecule has 15 atom stereocenters. The van der Waals surface area contributed by atoms with Crippen LogP contribution in [0.3, 0.4) is 0 Å². The molecule has 3 aliphatic rings. The standard InChI is InChI=1S/3C6H12O6.Gd/c3*7-1-2-3(8)4(9)5(10)6(11)12-2;/h3*2-11H,1H2;/q;;;+3/t3*2-,3-,4+,5-,6+;/m111./s1. The molecule has 0 aliphatic carbocycles. The monoisotopic (exact) mass is 698 g/mol. The molecule has 0 aromatic heterocycles. The van der Waals surface area contributed by atoms with Gasteiger partial charge in [-0.05, 0) is 0 Å². The Hall–Kier alpha value is 0.605. The van der Waals surface area contributed by atoms with Gasteiger partial charge in [0.1, 0.15) is 73.2 Å². The minimum absolute atomic E-state index is 0. The molecule has 3 fully saturated rings. The number of hydrogen-bond donors (Lipinski definition) is 15. The van der Waals surface area contributed by atoms with Gasteiger partial charge in [-0.2, -0.15) is 0 Å². The largest absolute Gasteiger partial charge is 3.00 e. The number of rotatable bonds is 3. The second-order valence-electron chi connectivity index (χ2n) is 8.16. The molecule has 0 spiro atoms. The molecule has 0 bridgehead atoms. The first-order valence-electron chi connectivity index (χ1n) is 10.7. The van der Waals surface area contributed by atoms with Gasteiger partial charge in [-0.25, -0.2) is 0 Å². The van der Waals surface area contributed by atoms with E-state index in [1.807, 2.05) is 0 Å². The SMILES string of the molecule is OC[C@H]1O[C@H](O)[C@H](O)[C@@H](O)[C@@H]1O.OC[C@H]1O[C@H](O)[C@H](O)[C@@H](O)[C@@H]1O.OC[C@H]1O[C@H](O)[C@H](O)[C@@H](O)[C@@H]1O.[Gd+3]. The van der Waals surface area contributed by atoms with Crippen molar-refractivity contribution >= 4 is 0 Å². The number of aliphatic hydroxyl groups excluding tert-OH is 15. The third-order valence-corrected chi connectivity index (χ3v) is 5.60. The first kappa shape index (κ1) is 37.6. The Balaban J connectivity index is 0.000000518. The molecule has 0 aromatic rings. The first-order chi connectivity index (χ1) is 16.7. The maximum Gasteiger partial charge on any atom is 3.00 e. The average Bonchev–Trinajstić information content (AvgIpc) is 2.87. The van der Waals surface area contributed by atoms with Crippen LogP contribution in [0.25, 0.3) is 0 Å². The smallest absolute Gasteiger partial charge is 0.394 e. The van der Waals surface area contributed by atoms with E-state index in [0.29, 0.717) is 0 Å². The van der Waals surface area contributed by atoms with E-state index < -0.39 is 112 Å². The van der Waals surface area contributed by atoms with Gasteiger partial charge < -0.3 is 90.8 Å². The van der Waals surface area contributed by atoms with Gasteiger partial charge in [0.25, 0.3) is 0 Å². The predicted octanol–water partition coefficient (Wildman–Crippen LogP) is -9.66. The second kappa shape index (κ2) is 17.4. The molecule has 37 heavy (non-hydrogen) atoms. The summed E-state index contributed by atoms with van der Waals surface area (Å²) in [6.07, 6.45) is -21.1. The van der Waals surface area contributed by atoms with Crippen LogP contribution in [0.4, 0.5) is 0 Å². The summed E-state index contributed by atoms with van der Waals surface area (Å²) in [5, 5.41) is 134. The number of hydrogen-bond acceptors (Lipinski definition) is 18. The molecule has 221 valence electrons. The first-order valence-corrected chi connectivity index (χ1v) is 10.7. The summed E-state index contributed by atoms with van der Waals surface area (Å²) in [5.41, 5.74) is 0. The maximum absolute atomic E-state index is 9.12. The topological polar surface area (TPSA) is 331 Å². The van der Waals surface area contributed by atoms with Crippen molar-refractivity contribution in [3.8, 4) is 0 Å². The van der Waals surface area contributed by atoms with Crippen molar-refractivity contribution in [1.82, 2.24) is 0 Å². The van der Waals surface area contributed by atoms with Crippen LogP contribution < -0.4 is 0 Å². The molecular weight excluding hydrogens is 661 g/mol. The van der Waals surface area contributed by atoms with E-state index >= 15 is 0 Å². The molecular formula is C18H36GdO18+3. The molecule has 3 rings (SSSR count). The van der Waals surface area contributed by atoms with Crippen molar-refractivity contribution in [3.63, 3.8) is 0 Å². The zero-order valence-corrected chi connectivity index (χ0v) is 21.3. The summed E-state index contributed by atoms with van der Waals surface area (Å²) in [6.45, 7) is -1.58. The Morgan fingerprint density at radius 3 is 0.676 bits per heavy atom. The van der Waals surface area contributed by atoms with Crippen LogP contribution in [-0.4, -0.2) is 189 Å². The fourth-order valence-corrected chi connectivity index (χ4v) is 3.25. The van der Waals surface area contributed by atoms with Crippen LogP contribution in [0.5, 0.6) is 0 Å². The molecule has 0 amide bonds. The van der Waals surface area contributed by atoms with Gasteiger partial charge in [0, 0.05) is 0 Å². The average molecular weight is 698 g/mol. The number of aliphatic hydroxyl groups is 15. The molecule has 19 heteroatoms. The van der Waals surface area contributed by atoms with E-state index in [9.17, 15) is 0 Å². The van der Waals surface area contributed by atoms with Gasteiger partial charge in [-0.3, -0.25) is 0 Å². The summed E-state index contributed by atoms with van der Waals surface area (Å²) < 4.78 is 13.7. The third-order valence-electron chi connectivity index (χ3n) is 5.60. The van der Waals surface area contributed by atoms with Crippen LogP contribution in [0.2, 0.25) is 0 Å². The molecule has 3 saturated heterocycles. The Bertz CT molecular complexity index is 526. The van der Waals surface area contributed by atoms with E-state index in [0.717, 1.165) is 0 Å². The van der Waals surface area contributed by atoms with Gasteiger partial charge in [0.2, 0.25) is 0 Å². The Labute approximate surface area is 241 Å². The quantitative estimate of drug-likeness (QED) is 0.130. The van der Waals surface area contributed by atoms with E-state index in [1.54, 1.807) is 0 Å². The molecule has 0 unspecified atom stereocenters. The maximum atomic E-state index is 9.12. The van der Waals surface area contributed by atoms with Crippen LogP contribution in [-0.2, 0) is 14.2 Å². The summed E-state index contributed by atoms with van der Waals surface area (Å²) in [4.78, 5) is 0. The fourth-order valence-electron chi connectivity index (χ4n) is 3.25. The van der Waals surface area contributed by atoms with Crippen LogP contribution in [0.15, 0.2) is 0 Å². The second-order valence-corrected chi connectivity index (χ2v) is 8.16. The molecule has 1 radical (unpaired) electrons. The zero-order chi connectivity index (χ0) is 27.9. The summed E-state index contributed by atoms with van der Waals surface area (Å²) in [7, 11) is 0. The molecule has 0 saturated carbocycles. The van der Waals surface area contributed by atoms with E-state index in [4.69, 9.17) is 76.6 Å². The minimum atomic E-state index is -1.57. The van der Waals surface area contributed by atoms with Crippen molar-refractivity contribution in [2.24, 2.45) is 0 Å². The Kier molecular flexibility index (Phi) is 17.7. The van der Waals surface area contributed by atoms with Crippen molar-refractivity contribution in [2.45, 2.75) is 92.1 Å². The van der Waals surface area contributed by atoms with Crippen molar-refractivity contribution in [1.29, 1.82) is 0 Å². The summed E-state index contributed by atoms with van der Waals surface area (Å²) in [6, 6.07) is 0. The minimum Gasteiger partial charge on any atom is -0.394 e. The van der Waals surface area contributed by atoms with E-state index in [2.05, 4.69) is 14.2 Å². The third kappa shape index (κ3) is 9.88. The Morgan fingerprint density at radius 2 is 0.514 bits per heavy atom. The van der Waals surface area contributed by atoms with Gasteiger partial charge in [-0.15, -0.1) is 0 Å². The molecule has 0 aromatic carbocycles. The van der Waals surface area contributed by atoms with Crippen molar-refractivity contribution in [2.75, 3.05) is 19.8 Å². The summed E-state index contributed by atoms with van der Waals surface area (Å²) in [5.74, 6) is 0. The van der Waals surface area contributed by atoms with Gasteiger partial charge >= 0.3 is 39.9 Å². The van der Waals surface area contributed by atoms with E-state index in [1.165, 1.54) is 0 Å². The molecule has 15 N–H and O–H groups in total. The molecule has 18 nitrogen and oxygen atoms in total. The predicted molar refractivity (Wildman–Crippen MR) is 108 cm³/mol.